The minimum atomic E-state index is 0.0536. The summed E-state index contributed by atoms with van der Waals surface area (Å²) in [7, 11) is 1.67. The molecule has 7 heteroatoms. The standard InChI is InChI=1S/C23H34N4O2S/c1-16(2)13-14-24-21(28)15-30-23-26-25-22(18-9-11-19(29-4)12-10-18)27(23)20-8-6-5-7-17(20)3/h9-12,16-17,20H,5-8,13-15H2,1-4H3,(H,24,28). The van der Waals surface area contributed by atoms with Crippen molar-refractivity contribution in [2.24, 2.45) is 11.8 Å². The molecule has 2 unspecified atom stereocenters. The third-order valence-corrected chi connectivity index (χ3v) is 6.73. The molecule has 0 aliphatic heterocycles. The number of nitrogens with zero attached hydrogens (tertiary/aromatic N) is 3. The highest BCUT2D eigenvalue weighted by molar-refractivity contribution is 7.99. The lowest BCUT2D eigenvalue weighted by Crippen LogP contribution is -2.27. The fourth-order valence-electron chi connectivity index (χ4n) is 3.97. The lowest BCUT2D eigenvalue weighted by Gasteiger charge is -2.31. The zero-order chi connectivity index (χ0) is 21.5. The predicted octanol–water partition coefficient (Wildman–Crippen LogP) is 4.96. The summed E-state index contributed by atoms with van der Waals surface area (Å²) in [5.74, 6) is 3.26. The van der Waals surface area contributed by atoms with E-state index >= 15 is 0 Å². The first kappa shape index (κ1) is 22.7. The maximum atomic E-state index is 12.3. The van der Waals surface area contributed by atoms with Crippen LogP contribution in [0.15, 0.2) is 29.4 Å². The number of thioether (sulfide) groups is 1. The zero-order valence-electron chi connectivity index (χ0n) is 18.6. The van der Waals surface area contributed by atoms with Crippen LogP contribution in [0.3, 0.4) is 0 Å². The molecule has 1 aliphatic carbocycles. The fraction of sp³-hybridized carbons (Fsp3) is 0.609. The number of carbonyl (C=O) groups excluding carboxylic acids is 1. The van der Waals surface area contributed by atoms with Crippen molar-refractivity contribution in [1.82, 2.24) is 20.1 Å². The number of methoxy groups -OCH3 is 1. The van der Waals surface area contributed by atoms with Gasteiger partial charge >= 0.3 is 0 Å². The van der Waals surface area contributed by atoms with Gasteiger partial charge in [0.25, 0.3) is 0 Å². The molecule has 30 heavy (non-hydrogen) atoms. The summed E-state index contributed by atoms with van der Waals surface area (Å²) >= 11 is 1.49. The van der Waals surface area contributed by atoms with Crippen molar-refractivity contribution in [3.05, 3.63) is 24.3 Å². The molecule has 2 atom stereocenters. The molecular formula is C23H34N4O2S. The highest BCUT2D eigenvalue weighted by Gasteiger charge is 2.28. The first-order valence-electron chi connectivity index (χ1n) is 11.0. The molecule has 1 saturated carbocycles. The number of rotatable bonds is 9. The van der Waals surface area contributed by atoms with Gasteiger partial charge < -0.3 is 10.1 Å². The summed E-state index contributed by atoms with van der Waals surface area (Å²) in [5, 5.41) is 12.9. The quantitative estimate of drug-likeness (QED) is 0.570. The molecule has 3 rings (SSSR count). The van der Waals surface area contributed by atoms with Gasteiger partial charge in [-0.25, -0.2) is 0 Å². The Bertz CT molecular complexity index is 819. The average molecular weight is 431 g/mol. The van der Waals surface area contributed by atoms with Crippen LogP contribution >= 0.6 is 11.8 Å². The predicted molar refractivity (Wildman–Crippen MR) is 122 cm³/mol. The molecule has 164 valence electrons. The van der Waals surface area contributed by atoms with Gasteiger partial charge in [-0.1, -0.05) is 45.4 Å². The summed E-state index contributed by atoms with van der Waals surface area (Å²) in [6.45, 7) is 7.36. The van der Waals surface area contributed by atoms with E-state index in [9.17, 15) is 4.79 Å². The second-order valence-corrected chi connectivity index (χ2v) is 9.50. The number of amides is 1. The maximum Gasteiger partial charge on any atom is 0.230 e. The van der Waals surface area contributed by atoms with E-state index in [1.165, 1.54) is 31.0 Å². The summed E-state index contributed by atoms with van der Waals surface area (Å²) in [6.07, 6.45) is 5.82. The van der Waals surface area contributed by atoms with E-state index in [0.717, 1.165) is 41.7 Å². The van der Waals surface area contributed by atoms with Gasteiger partial charge in [0.2, 0.25) is 5.91 Å². The summed E-state index contributed by atoms with van der Waals surface area (Å²) < 4.78 is 7.57. The molecule has 6 nitrogen and oxygen atoms in total. The normalized spacial score (nSPS) is 19.1. The van der Waals surface area contributed by atoms with Crippen LogP contribution in [-0.2, 0) is 4.79 Å². The minimum Gasteiger partial charge on any atom is -0.497 e. The van der Waals surface area contributed by atoms with Crippen LogP contribution in [0.5, 0.6) is 5.75 Å². The van der Waals surface area contributed by atoms with Crippen molar-refractivity contribution in [2.75, 3.05) is 19.4 Å². The SMILES string of the molecule is COc1ccc(-c2nnc(SCC(=O)NCCC(C)C)n2C2CCCCC2C)cc1. The van der Waals surface area contributed by atoms with Gasteiger partial charge in [0.15, 0.2) is 11.0 Å². The number of hydrogen-bond donors (Lipinski definition) is 1. The van der Waals surface area contributed by atoms with Crippen LogP contribution in [0, 0.1) is 11.8 Å². The van der Waals surface area contributed by atoms with Crippen molar-refractivity contribution in [3.8, 4) is 17.1 Å². The monoisotopic (exact) mass is 430 g/mol. The number of nitrogens with one attached hydrogen (secondary N) is 1. The Balaban J connectivity index is 1.80. The first-order chi connectivity index (χ1) is 14.5. The Morgan fingerprint density at radius 2 is 1.97 bits per heavy atom. The Morgan fingerprint density at radius 3 is 2.63 bits per heavy atom. The van der Waals surface area contributed by atoms with Crippen LogP contribution in [0.4, 0.5) is 0 Å². The van der Waals surface area contributed by atoms with Crippen molar-refractivity contribution in [2.45, 2.75) is 64.1 Å². The van der Waals surface area contributed by atoms with E-state index in [1.807, 2.05) is 24.3 Å². The molecule has 1 aromatic carbocycles. The Labute approximate surface area is 184 Å². The van der Waals surface area contributed by atoms with Crippen molar-refractivity contribution < 1.29 is 9.53 Å². The third-order valence-electron chi connectivity index (χ3n) is 5.79. The average Bonchev–Trinajstić information content (AvgIpc) is 3.16. The second-order valence-electron chi connectivity index (χ2n) is 8.55. The molecule has 1 aliphatic rings. The highest BCUT2D eigenvalue weighted by atomic mass is 32.2. The van der Waals surface area contributed by atoms with Crippen LogP contribution in [0.1, 0.15) is 58.9 Å². The van der Waals surface area contributed by atoms with Crippen molar-refractivity contribution in [3.63, 3.8) is 0 Å². The summed E-state index contributed by atoms with van der Waals surface area (Å²) in [4.78, 5) is 12.3. The van der Waals surface area contributed by atoms with Crippen molar-refractivity contribution in [1.29, 1.82) is 0 Å². The molecule has 1 heterocycles. The number of ether oxygens (including phenoxy) is 1. The fourth-order valence-corrected chi connectivity index (χ4v) is 4.79. The van der Waals surface area contributed by atoms with Gasteiger partial charge in [-0.15, -0.1) is 10.2 Å². The van der Waals surface area contributed by atoms with E-state index in [1.54, 1.807) is 7.11 Å². The van der Waals surface area contributed by atoms with Gasteiger partial charge in [-0.3, -0.25) is 9.36 Å². The molecule has 0 radical (unpaired) electrons. The van der Waals surface area contributed by atoms with Gasteiger partial charge in [0.1, 0.15) is 5.75 Å². The van der Waals surface area contributed by atoms with Crippen molar-refractivity contribution >= 4 is 17.7 Å². The van der Waals surface area contributed by atoms with E-state index in [-0.39, 0.29) is 5.91 Å². The second kappa shape index (κ2) is 10.8. The van der Waals surface area contributed by atoms with Crippen LogP contribution in [0.2, 0.25) is 0 Å². The molecule has 1 fully saturated rings. The van der Waals surface area contributed by atoms with Gasteiger partial charge in [-0.05, 0) is 55.4 Å². The minimum absolute atomic E-state index is 0.0536. The van der Waals surface area contributed by atoms with Crippen LogP contribution < -0.4 is 10.1 Å². The summed E-state index contributed by atoms with van der Waals surface area (Å²) in [5.41, 5.74) is 1.02. The first-order valence-corrected chi connectivity index (χ1v) is 12.0. The number of hydrogen-bond acceptors (Lipinski definition) is 5. The number of benzene rings is 1. The lowest BCUT2D eigenvalue weighted by atomic mass is 9.85. The molecular weight excluding hydrogens is 396 g/mol. The largest absolute Gasteiger partial charge is 0.497 e. The van der Waals surface area contributed by atoms with Crippen LogP contribution in [-0.4, -0.2) is 40.1 Å². The molecule has 1 N–H and O–H groups in total. The van der Waals surface area contributed by atoms with Gasteiger partial charge in [0, 0.05) is 18.2 Å². The lowest BCUT2D eigenvalue weighted by molar-refractivity contribution is -0.118. The van der Waals surface area contributed by atoms with Gasteiger partial charge in [0.05, 0.1) is 12.9 Å². The molecule has 2 aromatic rings. The van der Waals surface area contributed by atoms with Gasteiger partial charge in [-0.2, -0.15) is 0 Å². The van der Waals surface area contributed by atoms with Crippen LogP contribution in [0.25, 0.3) is 11.4 Å². The molecule has 1 amide bonds. The topological polar surface area (TPSA) is 69.0 Å². The molecule has 0 bridgehead atoms. The maximum absolute atomic E-state index is 12.3. The van der Waals surface area contributed by atoms with E-state index in [4.69, 9.17) is 4.74 Å². The third kappa shape index (κ3) is 5.78. The van der Waals surface area contributed by atoms with E-state index in [2.05, 4.69) is 40.9 Å². The molecule has 0 spiro atoms. The molecule has 0 saturated heterocycles. The van der Waals surface area contributed by atoms with E-state index in [0.29, 0.717) is 23.6 Å². The Morgan fingerprint density at radius 1 is 1.23 bits per heavy atom. The number of aromatic nitrogens is 3. The molecule has 1 aromatic heterocycles. The zero-order valence-corrected chi connectivity index (χ0v) is 19.4. The number of carbonyl (C=O) groups is 1. The highest BCUT2D eigenvalue weighted by Crippen LogP contribution is 2.39. The Kier molecular flexibility index (Phi) is 8.19. The Hall–Kier alpha value is -2.02. The summed E-state index contributed by atoms with van der Waals surface area (Å²) in [6, 6.07) is 8.32. The van der Waals surface area contributed by atoms with E-state index < -0.39 is 0 Å². The smallest absolute Gasteiger partial charge is 0.230 e.